The Labute approximate surface area is 117 Å². The fraction of sp³-hybridized carbons (Fsp3) is 0.647. The Balaban J connectivity index is 1.86. The first-order valence-electron chi connectivity index (χ1n) is 7.59. The molecule has 2 rings (SSSR count). The molecule has 0 radical (unpaired) electrons. The van der Waals surface area contributed by atoms with Crippen LogP contribution in [0.5, 0.6) is 5.75 Å². The van der Waals surface area contributed by atoms with Crippen molar-refractivity contribution < 1.29 is 4.74 Å². The SMILES string of the molecule is CCCNC(C)C(C)CC1Cc2cc(C)ccc2O1. The molecule has 1 aromatic rings. The van der Waals surface area contributed by atoms with Crippen molar-refractivity contribution in [3.8, 4) is 5.75 Å². The maximum Gasteiger partial charge on any atom is 0.123 e. The van der Waals surface area contributed by atoms with Crippen LogP contribution in [0.15, 0.2) is 18.2 Å². The number of fused-ring (bicyclic) bond motifs is 1. The van der Waals surface area contributed by atoms with E-state index in [-0.39, 0.29) is 0 Å². The molecule has 3 atom stereocenters. The molecule has 1 N–H and O–H groups in total. The fourth-order valence-electron chi connectivity index (χ4n) is 2.77. The van der Waals surface area contributed by atoms with E-state index in [1.807, 2.05) is 0 Å². The topological polar surface area (TPSA) is 21.3 Å². The summed E-state index contributed by atoms with van der Waals surface area (Å²) >= 11 is 0. The minimum atomic E-state index is 0.359. The molecule has 0 saturated heterocycles. The summed E-state index contributed by atoms with van der Waals surface area (Å²) in [7, 11) is 0. The summed E-state index contributed by atoms with van der Waals surface area (Å²) in [5, 5.41) is 3.58. The van der Waals surface area contributed by atoms with Gasteiger partial charge in [0.1, 0.15) is 11.9 Å². The first-order chi connectivity index (χ1) is 9.10. The molecular weight excluding hydrogens is 234 g/mol. The molecule has 0 amide bonds. The Morgan fingerprint density at radius 2 is 2.16 bits per heavy atom. The molecule has 1 aliphatic rings. The van der Waals surface area contributed by atoms with Crippen molar-refractivity contribution in [2.45, 2.75) is 59.1 Å². The summed E-state index contributed by atoms with van der Waals surface area (Å²) < 4.78 is 6.06. The van der Waals surface area contributed by atoms with Gasteiger partial charge in [-0.3, -0.25) is 0 Å². The van der Waals surface area contributed by atoms with Crippen LogP contribution in [-0.2, 0) is 6.42 Å². The molecule has 0 aliphatic carbocycles. The normalized spacial score (nSPS) is 20.7. The minimum absolute atomic E-state index is 0.359. The summed E-state index contributed by atoms with van der Waals surface area (Å²) in [6.45, 7) is 10.1. The molecule has 1 heterocycles. The van der Waals surface area contributed by atoms with Gasteiger partial charge < -0.3 is 10.1 Å². The molecule has 0 saturated carbocycles. The Bertz CT molecular complexity index is 416. The first-order valence-corrected chi connectivity index (χ1v) is 7.59. The second-order valence-electron chi connectivity index (χ2n) is 6.01. The maximum absolute atomic E-state index is 6.06. The van der Waals surface area contributed by atoms with Gasteiger partial charge in [-0.2, -0.15) is 0 Å². The van der Waals surface area contributed by atoms with Crippen LogP contribution < -0.4 is 10.1 Å². The molecule has 0 fully saturated rings. The van der Waals surface area contributed by atoms with Crippen LogP contribution >= 0.6 is 0 Å². The van der Waals surface area contributed by atoms with Crippen LogP contribution in [-0.4, -0.2) is 18.7 Å². The van der Waals surface area contributed by atoms with Gasteiger partial charge >= 0.3 is 0 Å². The van der Waals surface area contributed by atoms with E-state index in [2.05, 4.69) is 51.2 Å². The molecular formula is C17H27NO. The van der Waals surface area contributed by atoms with Crippen molar-refractivity contribution >= 4 is 0 Å². The smallest absolute Gasteiger partial charge is 0.123 e. The van der Waals surface area contributed by atoms with Crippen LogP contribution in [0.25, 0.3) is 0 Å². The number of ether oxygens (including phenoxy) is 1. The van der Waals surface area contributed by atoms with Gasteiger partial charge in [0.2, 0.25) is 0 Å². The van der Waals surface area contributed by atoms with Gasteiger partial charge in [-0.15, -0.1) is 0 Å². The Morgan fingerprint density at radius 1 is 1.37 bits per heavy atom. The molecule has 0 aromatic heterocycles. The highest BCUT2D eigenvalue weighted by atomic mass is 16.5. The maximum atomic E-state index is 6.06. The average molecular weight is 261 g/mol. The molecule has 106 valence electrons. The third-order valence-corrected chi connectivity index (χ3v) is 4.16. The molecule has 3 unspecified atom stereocenters. The van der Waals surface area contributed by atoms with Crippen LogP contribution in [0.4, 0.5) is 0 Å². The Kier molecular flexibility index (Phi) is 4.87. The lowest BCUT2D eigenvalue weighted by molar-refractivity contribution is 0.184. The summed E-state index contributed by atoms with van der Waals surface area (Å²) in [6.07, 6.45) is 3.76. The fourth-order valence-corrected chi connectivity index (χ4v) is 2.77. The number of hydrogen-bond donors (Lipinski definition) is 1. The van der Waals surface area contributed by atoms with Crippen LogP contribution in [0.1, 0.15) is 44.7 Å². The zero-order chi connectivity index (χ0) is 13.8. The second kappa shape index (κ2) is 6.42. The predicted molar refractivity (Wildman–Crippen MR) is 80.8 cm³/mol. The lowest BCUT2D eigenvalue weighted by Gasteiger charge is -2.23. The van der Waals surface area contributed by atoms with Crippen molar-refractivity contribution in [2.24, 2.45) is 5.92 Å². The van der Waals surface area contributed by atoms with Gasteiger partial charge in [0.05, 0.1) is 0 Å². The van der Waals surface area contributed by atoms with E-state index in [9.17, 15) is 0 Å². The summed E-state index contributed by atoms with van der Waals surface area (Å²) in [6, 6.07) is 7.08. The second-order valence-corrected chi connectivity index (χ2v) is 6.01. The molecule has 2 heteroatoms. The lowest BCUT2D eigenvalue weighted by Crippen LogP contribution is -2.35. The summed E-state index contributed by atoms with van der Waals surface area (Å²) in [4.78, 5) is 0. The molecule has 19 heavy (non-hydrogen) atoms. The lowest BCUT2D eigenvalue weighted by atomic mass is 9.94. The first kappa shape index (κ1) is 14.4. The van der Waals surface area contributed by atoms with Crippen LogP contribution in [0, 0.1) is 12.8 Å². The van der Waals surface area contributed by atoms with Crippen LogP contribution in [0.3, 0.4) is 0 Å². The van der Waals surface area contributed by atoms with Crippen molar-refractivity contribution in [1.29, 1.82) is 0 Å². The van der Waals surface area contributed by atoms with Gasteiger partial charge in [-0.1, -0.05) is 31.5 Å². The molecule has 1 aromatic carbocycles. The van der Waals surface area contributed by atoms with Crippen molar-refractivity contribution in [1.82, 2.24) is 5.32 Å². The molecule has 0 spiro atoms. The third kappa shape index (κ3) is 3.73. The van der Waals surface area contributed by atoms with E-state index in [0.29, 0.717) is 18.1 Å². The van der Waals surface area contributed by atoms with E-state index in [1.54, 1.807) is 0 Å². The van der Waals surface area contributed by atoms with Gasteiger partial charge in [0, 0.05) is 12.5 Å². The highest BCUT2D eigenvalue weighted by Gasteiger charge is 2.26. The summed E-state index contributed by atoms with van der Waals surface area (Å²) in [5.74, 6) is 1.74. The number of nitrogens with one attached hydrogen (secondary N) is 1. The van der Waals surface area contributed by atoms with E-state index >= 15 is 0 Å². The average Bonchev–Trinajstić information content (AvgIpc) is 2.77. The quantitative estimate of drug-likeness (QED) is 0.843. The number of hydrogen-bond acceptors (Lipinski definition) is 2. The largest absolute Gasteiger partial charge is 0.490 e. The van der Waals surface area contributed by atoms with Crippen molar-refractivity contribution in [3.63, 3.8) is 0 Å². The molecule has 1 aliphatic heterocycles. The Morgan fingerprint density at radius 3 is 2.89 bits per heavy atom. The highest BCUT2D eigenvalue weighted by Crippen LogP contribution is 2.32. The van der Waals surface area contributed by atoms with E-state index in [1.165, 1.54) is 17.5 Å². The van der Waals surface area contributed by atoms with Crippen LogP contribution in [0.2, 0.25) is 0 Å². The zero-order valence-corrected chi connectivity index (χ0v) is 12.7. The van der Waals surface area contributed by atoms with Gasteiger partial charge in [0.25, 0.3) is 0 Å². The van der Waals surface area contributed by atoms with E-state index in [0.717, 1.165) is 25.1 Å². The van der Waals surface area contributed by atoms with Gasteiger partial charge in [-0.25, -0.2) is 0 Å². The van der Waals surface area contributed by atoms with Crippen molar-refractivity contribution in [3.05, 3.63) is 29.3 Å². The third-order valence-electron chi connectivity index (χ3n) is 4.16. The van der Waals surface area contributed by atoms with E-state index < -0.39 is 0 Å². The monoisotopic (exact) mass is 261 g/mol. The predicted octanol–water partition coefficient (Wildman–Crippen LogP) is 3.71. The van der Waals surface area contributed by atoms with E-state index in [4.69, 9.17) is 4.74 Å². The zero-order valence-electron chi connectivity index (χ0n) is 12.7. The number of aryl methyl sites for hydroxylation is 1. The Hall–Kier alpha value is -1.02. The highest BCUT2D eigenvalue weighted by molar-refractivity contribution is 5.40. The summed E-state index contributed by atoms with van der Waals surface area (Å²) in [5.41, 5.74) is 2.71. The van der Waals surface area contributed by atoms with Gasteiger partial charge in [0.15, 0.2) is 0 Å². The minimum Gasteiger partial charge on any atom is -0.490 e. The molecule has 0 bridgehead atoms. The van der Waals surface area contributed by atoms with Gasteiger partial charge in [-0.05, 0) is 50.8 Å². The number of benzene rings is 1. The molecule has 2 nitrogen and oxygen atoms in total. The standard InChI is InChI=1S/C17H27NO/c1-5-8-18-14(4)13(3)10-16-11-15-9-12(2)6-7-17(15)19-16/h6-7,9,13-14,16,18H,5,8,10-11H2,1-4H3. The number of rotatable bonds is 6. The van der Waals surface area contributed by atoms with Crippen molar-refractivity contribution in [2.75, 3.05) is 6.54 Å².